The number of carbonyl (C=O) groups excluding carboxylic acids is 4. The Morgan fingerprint density at radius 1 is 0.600 bits per heavy atom. The normalized spacial score (nSPS) is 13.2. The average Bonchev–Trinajstić information content (AvgIpc) is 3.87. The number of aromatic nitrogens is 2. The Bertz CT molecular complexity index is 2660. The second kappa shape index (κ2) is 27.5. The smallest absolute Gasteiger partial charge is 0.416 e. The lowest BCUT2D eigenvalue weighted by Gasteiger charge is -2.37. The quantitative estimate of drug-likeness (QED) is 0.0187. The Hall–Kier alpha value is -7.79. The van der Waals surface area contributed by atoms with Gasteiger partial charge in [-0.1, -0.05) is 148 Å². The number of nitrogens with zero attached hydrogens (tertiary/aromatic N) is 2. The number of rotatable bonds is 28. The molecule has 0 aliphatic heterocycles. The molecule has 75 heavy (non-hydrogen) atoms. The zero-order valence-electron chi connectivity index (χ0n) is 42.0. The first-order valence-electron chi connectivity index (χ1n) is 25.4. The molecule has 17 heteroatoms. The van der Waals surface area contributed by atoms with E-state index in [1.807, 2.05) is 102 Å². The molecule has 4 amide bonds. The van der Waals surface area contributed by atoms with Gasteiger partial charge in [0.15, 0.2) is 0 Å². The summed E-state index contributed by atoms with van der Waals surface area (Å²) in [6, 6.07) is 33.8. The standard InChI is InChI=1S/C58H66F3N7O7/c1-2-3-4-5-15-25-52(70)63-34-17-16-24-49(54(72)66-50(35-40-26-30-45(31-27-40)58(59,60)61)55(73)67-51(56(74)75)36-41-28-32-47(69)33-29-41)65-53(71)48(62)37-46-38-68(39-64-46)57(42-18-9-6-10-19-42,43-20-11-7-12-21-43)44-22-13-8-14-23-44/h6-14,18-23,26-33,38-39,48-51,69H,2-5,15-17,24-25,34-37,62H2,1H3,(H,63,70)(H,65,71)(H,66,72)(H,67,73)(H,74,75)/t48-,49-,50+,51-/m0/s1. The first kappa shape index (κ1) is 56.5. The van der Waals surface area contributed by atoms with Gasteiger partial charge in [0.1, 0.15) is 29.4 Å². The number of carboxylic acids is 1. The summed E-state index contributed by atoms with van der Waals surface area (Å²) >= 11 is 0. The predicted molar refractivity (Wildman–Crippen MR) is 279 cm³/mol. The second-order valence-corrected chi connectivity index (χ2v) is 18.7. The topological polar surface area (TPSA) is 218 Å². The molecular weight excluding hydrogens is 964 g/mol. The number of imidazole rings is 1. The van der Waals surface area contributed by atoms with Crippen molar-refractivity contribution >= 4 is 29.6 Å². The van der Waals surface area contributed by atoms with Gasteiger partial charge < -0.3 is 41.8 Å². The molecule has 396 valence electrons. The van der Waals surface area contributed by atoms with Crippen LogP contribution in [0.1, 0.15) is 104 Å². The fraction of sp³-hybridized carbons (Fsp3) is 0.345. The van der Waals surface area contributed by atoms with Crippen LogP contribution in [0.25, 0.3) is 0 Å². The van der Waals surface area contributed by atoms with Gasteiger partial charge in [-0.25, -0.2) is 9.78 Å². The number of aromatic hydroxyl groups is 1. The van der Waals surface area contributed by atoms with Crippen LogP contribution in [0.15, 0.2) is 152 Å². The molecule has 8 N–H and O–H groups in total. The molecule has 0 radical (unpaired) electrons. The molecule has 0 unspecified atom stereocenters. The van der Waals surface area contributed by atoms with E-state index in [9.17, 15) is 47.4 Å². The van der Waals surface area contributed by atoms with Gasteiger partial charge in [0, 0.05) is 38.4 Å². The van der Waals surface area contributed by atoms with E-state index in [1.165, 1.54) is 24.3 Å². The number of nitrogens with one attached hydrogen (secondary N) is 4. The number of carboxylic acid groups (broad SMARTS) is 1. The molecule has 0 aliphatic carbocycles. The van der Waals surface area contributed by atoms with Crippen molar-refractivity contribution < 1.29 is 47.4 Å². The van der Waals surface area contributed by atoms with E-state index in [4.69, 9.17) is 10.7 Å². The van der Waals surface area contributed by atoms with Gasteiger partial charge in [-0.3, -0.25) is 19.2 Å². The minimum absolute atomic E-state index is 0.0206. The fourth-order valence-corrected chi connectivity index (χ4v) is 9.07. The van der Waals surface area contributed by atoms with Crippen molar-refractivity contribution in [1.82, 2.24) is 30.8 Å². The minimum Gasteiger partial charge on any atom is -0.508 e. The van der Waals surface area contributed by atoms with Gasteiger partial charge in [0.05, 0.1) is 23.6 Å². The molecular formula is C58H66F3N7O7. The van der Waals surface area contributed by atoms with Crippen LogP contribution in [-0.2, 0) is 55.0 Å². The lowest BCUT2D eigenvalue weighted by molar-refractivity contribution is -0.142. The number of hydrogen-bond acceptors (Lipinski definition) is 8. The number of hydrogen-bond donors (Lipinski definition) is 7. The van der Waals surface area contributed by atoms with Crippen LogP contribution in [-0.4, -0.2) is 80.1 Å². The van der Waals surface area contributed by atoms with E-state index in [-0.39, 0.29) is 42.9 Å². The fourth-order valence-electron chi connectivity index (χ4n) is 9.07. The molecule has 6 rings (SSSR count). The average molecular weight is 1030 g/mol. The van der Waals surface area contributed by atoms with Crippen LogP contribution in [0.2, 0.25) is 0 Å². The molecule has 1 aromatic heterocycles. The summed E-state index contributed by atoms with van der Waals surface area (Å²) in [5, 5.41) is 30.6. The van der Waals surface area contributed by atoms with Crippen LogP contribution in [0.5, 0.6) is 5.75 Å². The summed E-state index contributed by atoms with van der Waals surface area (Å²) in [7, 11) is 0. The van der Waals surface area contributed by atoms with Gasteiger partial charge >= 0.3 is 12.1 Å². The van der Waals surface area contributed by atoms with Gasteiger partial charge in [-0.2, -0.15) is 13.2 Å². The van der Waals surface area contributed by atoms with Crippen molar-refractivity contribution in [3.05, 3.63) is 191 Å². The zero-order valence-corrected chi connectivity index (χ0v) is 42.0. The van der Waals surface area contributed by atoms with Crippen molar-refractivity contribution in [2.45, 2.75) is 120 Å². The maximum absolute atomic E-state index is 14.5. The van der Waals surface area contributed by atoms with E-state index < -0.39 is 65.1 Å². The molecule has 0 spiro atoms. The number of benzene rings is 5. The van der Waals surface area contributed by atoms with E-state index in [0.717, 1.165) is 73.1 Å². The predicted octanol–water partition coefficient (Wildman–Crippen LogP) is 7.99. The first-order valence-corrected chi connectivity index (χ1v) is 25.4. The van der Waals surface area contributed by atoms with Gasteiger partial charge in [-0.05, 0) is 77.8 Å². The van der Waals surface area contributed by atoms with Crippen molar-refractivity contribution in [2.75, 3.05) is 6.54 Å². The highest BCUT2D eigenvalue weighted by Gasteiger charge is 2.39. The SMILES string of the molecule is CCCCCCCC(=O)NCCCC[C@H](NC(=O)[C@@H](N)Cc1cn(C(c2ccccc2)(c2ccccc2)c2ccccc2)cn1)C(=O)N[C@H](Cc1ccc(C(F)(F)F)cc1)C(=O)N[C@@H](Cc1ccc(O)cc1)C(=O)O. The highest BCUT2D eigenvalue weighted by molar-refractivity contribution is 5.94. The Morgan fingerprint density at radius 3 is 1.65 bits per heavy atom. The van der Waals surface area contributed by atoms with Crippen LogP contribution >= 0.6 is 0 Å². The van der Waals surface area contributed by atoms with Crippen molar-refractivity contribution in [1.29, 1.82) is 0 Å². The number of phenolic OH excluding ortho intramolecular Hbond substituents is 1. The Balaban J connectivity index is 1.24. The van der Waals surface area contributed by atoms with Crippen LogP contribution in [0.4, 0.5) is 13.2 Å². The molecule has 0 saturated heterocycles. The monoisotopic (exact) mass is 1030 g/mol. The summed E-state index contributed by atoms with van der Waals surface area (Å²) in [5.74, 6) is -4.08. The zero-order chi connectivity index (χ0) is 53.8. The van der Waals surface area contributed by atoms with Gasteiger partial charge in [0.25, 0.3) is 0 Å². The Labute approximate surface area is 435 Å². The number of halogens is 3. The highest BCUT2D eigenvalue weighted by atomic mass is 19.4. The third-order valence-electron chi connectivity index (χ3n) is 13.1. The van der Waals surface area contributed by atoms with Gasteiger partial charge in [0.2, 0.25) is 23.6 Å². The van der Waals surface area contributed by atoms with Crippen molar-refractivity contribution in [3.8, 4) is 5.75 Å². The molecule has 14 nitrogen and oxygen atoms in total. The van der Waals surface area contributed by atoms with E-state index in [1.54, 1.807) is 6.33 Å². The Morgan fingerprint density at radius 2 is 1.11 bits per heavy atom. The van der Waals surface area contributed by atoms with Crippen LogP contribution in [0.3, 0.4) is 0 Å². The largest absolute Gasteiger partial charge is 0.508 e. The summed E-state index contributed by atoms with van der Waals surface area (Å²) in [6.45, 7) is 2.41. The molecule has 0 bridgehead atoms. The summed E-state index contributed by atoms with van der Waals surface area (Å²) < 4.78 is 42.6. The molecule has 4 atom stereocenters. The highest BCUT2D eigenvalue weighted by Crippen LogP contribution is 2.41. The van der Waals surface area contributed by atoms with E-state index >= 15 is 0 Å². The lowest BCUT2D eigenvalue weighted by Crippen LogP contribution is -2.58. The molecule has 1 heterocycles. The third kappa shape index (κ3) is 16.1. The van der Waals surface area contributed by atoms with Crippen LogP contribution < -0.4 is 27.0 Å². The maximum Gasteiger partial charge on any atom is 0.416 e. The van der Waals surface area contributed by atoms with E-state index in [2.05, 4.69) is 28.2 Å². The van der Waals surface area contributed by atoms with Gasteiger partial charge in [-0.15, -0.1) is 0 Å². The number of amides is 4. The summed E-state index contributed by atoms with van der Waals surface area (Å²) in [6.07, 6.45) is 4.35. The first-order chi connectivity index (χ1) is 36.1. The molecule has 6 aromatic rings. The minimum atomic E-state index is -4.65. The maximum atomic E-state index is 14.5. The number of phenols is 1. The second-order valence-electron chi connectivity index (χ2n) is 18.7. The molecule has 5 aromatic carbocycles. The number of aliphatic carboxylic acids is 1. The summed E-state index contributed by atoms with van der Waals surface area (Å²) in [4.78, 5) is 72.5. The number of carbonyl (C=O) groups is 5. The van der Waals surface area contributed by atoms with Crippen molar-refractivity contribution in [3.63, 3.8) is 0 Å². The molecule has 0 aliphatic rings. The number of nitrogens with two attached hydrogens (primary N) is 1. The number of alkyl halides is 3. The number of unbranched alkanes of at least 4 members (excludes halogenated alkanes) is 5. The van der Waals surface area contributed by atoms with E-state index in [0.29, 0.717) is 37.1 Å². The lowest BCUT2D eigenvalue weighted by atomic mass is 9.77. The third-order valence-corrected chi connectivity index (χ3v) is 13.1. The molecule has 0 saturated carbocycles. The Kier molecular flexibility index (Phi) is 20.7. The van der Waals surface area contributed by atoms with Crippen molar-refractivity contribution in [2.24, 2.45) is 5.73 Å². The molecule has 0 fully saturated rings. The van der Waals surface area contributed by atoms with Crippen LogP contribution in [0, 0.1) is 0 Å². The summed E-state index contributed by atoms with van der Waals surface area (Å²) in [5.41, 5.74) is 8.79.